The lowest BCUT2D eigenvalue weighted by Crippen LogP contribution is -2.68. The Bertz CT molecular complexity index is 1180. The number of carbonyl (C=O) groups excluding carboxylic acids is 2. The summed E-state index contributed by atoms with van der Waals surface area (Å²) in [6.45, 7) is 25.7. The molecule has 0 aromatic heterocycles. The van der Waals surface area contributed by atoms with Gasteiger partial charge in [-0.05, 0) is 54.3 Å². The van der Waals surface area contributed by atoms with Crippen molar-refractivity contribution in [2.24, 2.45) is 5.92 Å². The number of carbonyl (C=O) groups is 2. The van der Waals surface area contributed by atoms with Crippen LogP contribution in [0, 0.1) is 5.92 Å². The Hall–Kier alpha value is -2.53. The van der Waals surface area contributed by atoms with E-state index in [1.54, 1.807) is 19.9 Å². The molecule has 0 heterocycles. The average molecular weight is 626 g/mol. The molecule has 2 rings (SSSR count). The van der Waals surface area contributed by atoms with Crippen LogP contribution in [0.5, 0.6) is 0 Å². The van der Waals surface area contributed by atoms with E-state index in [2.05, 4.69) is 84.2 Å². The van der Waals surface area contributed by atoms with E-state index in [0.717, 1.165) is 10.4 Å². The van der Waals surface area contributed by atoms with Gasteiger partial charge in [-0.3, -0.25) is 4.79 Å². The average Bonchev–Trinajstić information content (AvgIpc) is 2.93. The Labute approximate surface area is 262 Å². The van der Waals surface area contributed by atoms with E-state index in [4.69, 9.17) is 13.6 Å². The molecule has 43 heavy (non-hydrogen) atoms. The Morgan fingerprint density at radius 1 is 0.860 bits per heavy atom. The summed E-state index contributed by atoms with van der Waals surface area (Å²) in [7, 11) is -4.97. The molecular formula is C35H55NO5Si2. The van der Waals surface area contributed by atoms with E-state index in [1.807, 2.05) is 50.2 Å². The van der Waals surface area contributed by atoms with Crippen LogP contribution < -0.4 is 15.7 Å². The molecule has 0 aliphatic rings. The van der Waals surface area contributed by atoms with Crippen molar-refractivity contribution in [2.45, 2.75) is 105 Å². The summed E-state index contributed by atoms with van der Waals surface area (Å²) in [5.74, 6) is -0.719. The van der Waals surface area contributed by atoms with Crippen molar-refractivity contribution in [3.8, 4) is 0 Å². The first kappa shape index (κ1) is 36.7. The van der Waals surface area contributed by atoms with Crippen molar-refractivity contribution < 1.29 is 23.2 Å². The number of hydrogen-bond acceptors (Lipinski definition) is 5. The largest absolute Gasteiger partial charge is 0.463 e. The third kappa shape index (κ3) is 9.24. The molecule has 0 aliphatic carbocycles. The minimum absolute atomic E-state index is 0.0559. The van der Waals surface area contributed by atoms with E-state index < -0.39 is 34.7 Å². The fraction of sp³-hybridized carbons (Fsp3) is 0.543. The Morgan fingerprint density at radius 3 is 1.77 bits per heavy atom. The van der Waals surface area contributed by atoms with Crippen LogP contribution in [0.2, 0.25) is 23.2 Å². The maximum atomic E-state index is 14.0. The van der Waals surface area contributed by atoms with Gasteiger partial charge in [0.05, 0.1) is 12.6 Å². The molecule has 2 aromatic rings. The normalized spacial score (nSPS) is 15.4. The molecule has 0 aliphatic heterocycles. The summed E-state index contributed by atoms with van der Waals surface area (Å²) in [4.78, 5) is 26.5. The van der Waals surface area contributed by atoms with Gasteiger partial charge in [0.15, 0.2) is 8.32 Å². The first-order valence-electron chi connectivity index (χ1n) is 15.5. The number of amides is 1. The number of esters is 1. The Kier molecular flexibility index (Phi) is 12.8. The lowest BCUT2D eigenvalue weighted by atomic mass is 10.00. The zero-order chi connectivity index (χ0) is 32.6. The maximum Gasteiger partial charge on any atom is 0.333 e. The highest BCUT2D eigenvalue weighted by Crippen LogP contribution is 2.38. The highest BCUT2D eigenvalue weighted by Gasteiger charge is 2.51. The van der Waals surface area contributed by atoms with Crippen LogP contribution in [-0.4, -0.2) is 53.9 Å². The van der Waals surface area contributed by atoms with Gasteiger partial charge in [-0.25, -0.2) is 4.79 Å². The number of rotatable bonds is 13. The predicted octanol–water partition coefficient (Wildman–Crippen LogP) is 6.60. The van der Waals surface area contributed by atoms with Crippen LogP contribution in [0.4, 0.5) is 0 Å². The van der Waals surface area contributed by atoms with Crippen LogP contribution in [0.25, 0.3) is 0 Å². The van der Waals surface area contributed by atoms with E-state index in [9.17, 15) is 9.59 Å². The zero-order valence-corrected chi connectivity index (χ0v) is 30.5. The van der Waals surface area contributed by atoms with Crippen LogP contribution in [-0.2, 0) is 23.2 Å². The molecule has 0 saturated heterocycles. The molecule has 0 radical (unpaired) electrons. The van der Waals surface area contributed by atoms with Gasteiger partial charge in [-0.1, -0.05) is 115 Å². The standard InChI is InChI=1S/C35H55NO5Si2/c1-13-39-33(38)26(2)24-31(27(3)25-40-42(11,12)34(5,6)7)36-32(37)28(4)41-43(35(8,9)10,29-20-16-14-17-21-29)30-22-18-15-19-23-30/h14-24,27-28,31H,13,25H2,1-12H3,(H,36,37)/b26-24+/t27-,28+,31-/m1/s1. The van der Waals surface area contributed by atoms with Crippen LogP contribution >= 0.6 is 0 Å². The summed E-state index contributed by atoms with van der Waals surface area (Å²) in [5.41, 5.74) is 0.451. The van der Waals surface area contributed by atoms with Gasteiger partial charge in [0.1, 0.15) is 6.10 Å². The number of hydrogen-bond donors (Lipinski definition) is 1. The van der Waals surface area contributed by atoms with Gasteiger partial charge in [-0.15, -0.1) is 0 Å². The predicted molar refractivity (Wildman–Crippen MR) is 183 cm³/mol. The summed E-state index contributed by atoms with van der Waals surface area (Å²) < 4.78 is 18.8. The van der Waals surface area contributed by atoms with Gasteiger partial charge < -0.3 is 18.9 Å². The Balaban J connectivity index is 2.46. The van der Waals surface area contributed by atoms with Gasteiger partial charge in [-0.2, -0.15) is 0 Å². The van der Waals surface area contributed by atoms with E-state index in [0.29, 0.717) is 12.2 Å². The lowest BCUT2D eigenvalue weighted by molar-refractivity contribution is -0.138. The monoisotopic (exact) mass is 625 g/mol. The quantitative estimate of drug-likeness (QED) is 0.154. The van der Waals surface area contributed by atoms with Crippen molar-refractivity contribution in [2.75, 3.05) is 13.2 Å². The topological polar surface area (TPSA) is 73.9 Å². The van der Waals surface area contributed by atoms with Crippen molar-refractivity contribution in [3.63, 3.8) is 0 Å². The fourth-order valence-corrected chi connectivity index (χ4v) is 10.6. The van der Waals surface area contributed by atoms with Crippen LogP contribution in [0.15, 0.2) is 72.3 Å². The molecule has 3 atom stereocenters. The molecule has 0 spiro atoms. The summed E-state index contributed by atoms with van der Waals surface area (Å²) in [5, 5.41) is 5.21. The molecule has 0 unspecified atom stereocenters. The minimum atomic E-state index is -2.94. The molecule has 8 heteroatoms. The van der Waals surface area contributed by atoms with E-state index in [1.165, 1.54) is 0 Å². The maximum absolute atomic E-state index is 14.0. The van der Waals surface area contributed by atoms with E-state index >= 15 is 0 Å². The molecule has 238 valence electrons. The number of benzene rings is 2. The SMILES string of the molecule is CCOC(=O)/C(C)=C/[C@@H](NC(=O)[C@H](C)O[Si](c1ccccc1)(c1ccccc1)C(C)(C)C)[C@H](C)CO[Si](C)(C)C(C)(C)C. The summed E-state index contributed by atoms with van der Waals surface area (Å²) >= 11 is 0. The second-order valence-electron chi connectivity index (χ2n) is 14.1. The molecule has 0 fully saturated rings. The second kappa shape index (κ2) is 15.0. The number of nitrogens with one attached hydrogen (secondary N) is 1. The smallest absolute Gasteiger partial charge is 0.333 e. The summed E-state index contributed by atoms with van der Waals surface area (Å²) in [6.07, 6.45) is 1.05. The van der Waals surface area contributed by atoms with Crippen molar-refractivity contribution in [1.29, 1.82) is 0 Å². The zero-order valence-electron chi connectivity index (χ0n) is 28.5. The number of ether oxygens (including phenoxy) is 1. The molecule has 1 N–H and O–H groups in total. The van der Waals surface area contributed by atoms with Gasteiger partial charge >= 0.3 is 5.97 Å². The fourth-order valence-electron chi connectivity index (χ4n) is 4.88. The van der Waals surface area contributed by atoms with Crippen LogP contribution in [0.3, 0.4) is 0 Å². The first-order valence-corrected chi connectivity index (χ1v) is 20.3. The van der Waals surface area contributed by atoms with Gasteiger partial charge in [0.2, 0.25) is 5.91 Å². The third-order valence-electron chi connectivity index (χ3n) is 8.60. The van der Waals surface area contributed by atoms with Gasteiger partial charge in [0.25, 0.3) is 8.32 Å². The molecule has 2 aromatic carbocycles. The van der Waals surface area contributed by atoms with Crippen molar-refractivity contribution in [1.82, 2.24) is 5.32 Å². The highest BCUT2D eigenvalue weighted by atomic mass is 28.4. The lowest BCUT2D eigenvalue weighted by Gasteiger charge is -2.44. The van der Waals surface area contributed by atoms with E-state index in [-0.39, 0.29) is 28.5 Å². The molecule has 0 saturated carbocycles. The van der Waals surface area contributed by atoms with Crippen LogP contribution in [0.1, 0.15) is 69.2 Å². The molecule has 1 amide bonds. The second-order valence-corrected chi connectivity index (χ2v) is 23.1. The third-order valence-corrected chi connectivity index (χ3v) is 18.2. The Morgan fingerprint density at radius 2 is 1.35 bits per heavy atom. The van der Waals surface area contributed by atoms with Crippen molar-refractivity contribution >= 4 is 38.9 Å². The summed E-state index contributed by atoms with van der Waals surface area (Å²) in [6, 6.07) is 20.1. The molecule has 6 nitrogen and oxygen atoms in total. The highest BCUT2D eigenvalue weighted by molar-refractivity contribution is 6.99. The molecular weight excluding hydrogens is 571 g/mol. The minimum Gasteiger partial charge on any atom is -0.463 e. The first-order chi connectivity index (χ1) is 19.9. The molecule has 0 bridgehead atoms. The van der Waals surface area contributed by atoms with Crippen molar-refractivity contribution in [3.05, 3.63) is 72.3 Å². The van der Waals surface area contributed by atoms with Gasteiger partial charge in [0, 0.05) is 18.1 Å².